The second-order valence-electron chi connectivity index (χ2n) is 23.9. The monoisotopic (exact) mass is 1280 g/mol. The van der Waals surface area contributed by atoms with E-state index in [0.717, 1.165) is 53.9 Å². The molecule has 0 aromatic heterocycles. The molecule has 14 heteroatoms. The Labute approximate surface area is 537 Å². The number of halogens is 6. The average Bonchev–Trinajstić information content (AvgIpc) is 0.686. The van der Waals surface area contributed by atoms with Gasteiger partial charge in [-0.3, -0.25) is 0 Å². The number of hydrogen-bond donors (Lipinski definition) is 0. The quantitative estimate of drug-likeness (QED) is 0.0282. The Hall–Kier alpha value is -10.1. The Kier molecular flexibility index (Phi) is 14.7. The molecule has 0 saturated carbocycles. The molecule has 0 spiro atoms. The molecule has 5 nitrogen and oxygen atoms in total. The molecule has 15 aromatic rings. The number of carbonyl (C=O) groups is 2. The van der Waals surface area contributed by atoms with E-state index in [4.69, 9.17) is 13.5 Å². The topological polar surface area (TPSA) is 61.8 Å². The van der Waals surface area contributed by atoms with Crippen LogP contribution in [0.1, 0.15) is 31.8 Å². The van der Waals surface area contributed by atoms with Gasteiger partial charge in [0.15, 0.2) is 0 Å². The molecule has 0 aliphatic carbocycles. The zero-order chi connectivity index (χ0) is 64.5. The van der Waals surface area contributed by atoms with Gasteiger partial charge in [-0.25, -0.2) is 0 Å². The first-order valence-electron chi connectivity index (χ1n) is 30.6. The fourth-order valence-corrected chi connectivity index (χ4v) is 25.6. The van der Waals surface area contributed by atoms with Crippen LogP contribution >= 0.6 is 13.7 Å². The van der Waals surface area contributed by atoms with Gasteiger partial charge in [-0.05, 0) is 0 Å². The van der Waals surface area contributed by atoms with Crippen LogP contribution in [0.25, 0.3) is 64.6 Å². The third-order valence-corrected chi connectivity index (χ3v) is 30.2. The van der Waals surface area contributed by atoms with Gasteiger partial charge in [-0.2, -0.15) is 0 Å². The van der Waals surface area contributed by atoms with Gasteiger partial charge >= 0.3 is 541 Å². The molecule has 0 aliphatic rings. The fourth-order valence-electron chi connectivity index (χ4n) is 14.6. The fraction of sp³-hybridized carbons (Fsp3) is 0.0500. The summed E-state index contributed by atoms with van der Waals surface area (Å²) in [6.07, 6.45) is -11.7. The van der Waals surface area contributed by atoms with Gasteiger partial charge in [0.1, 0.15) is 0 Å². The zero-order valence-corrected chi connectivity index (χ0v) is 51.9. The van der Waals surface area contributed by atoms with Gasteiger partial charge in [-0.1, -0.05) is 0 Å². The molecule has 0 radical (unpaired) electrons. The van der Waals surface area contributed by atoms with E-state index in [1.54, 1.807) is 121 Å². The molecule has 94 heavy (non-hydrogen) atoms. The van der Waals surface area contributed by atoms with Crippen molar-refractivity contribution in [2.75, 3.05) is 12.3 Å². The first-order chi connectivity index (χ1) is 45.5. The summed E-state index contributed by atoms with van der Waals surface area (Å²) in [5.41, 5.74) is -2.67. The average molecular weight is 1280 g/mol. The molecule has 0 amide bonds. The molecule has 460 valence electrons. The SMILES string of the molecule is O=C(CP(OB(Oc1cc(C(F)(F)F)cc(C(F)(F)F)c1)OP(CC(=O)c1ccc2ccc3cccc4ccc1c2c34)(c1ccccc1)(c1ccccc1)c1ccccc1)(c1ccccc1)(c1ccccc1)c1ccccc1)c1ccc2ccc3cccc4ccc1c2c34. The van der Waals surface area contributed by atoms with Crippen LogP contribution in [0.4, 0.5) is 26.3 Å². The molecule has 0 atom stereocenters. The van der Waals surface area contributed by atoms with Crippen molar-refractivity contribution >= 4 is 129 Å². The van der Waals surface area contributed by atoms with Crippen LogP contribution in [-0.4, -0.2) is 31.2 Å². The van der Waals surface area contributed by atoms with Crippen molar-refractivity contribution in [3.05, 3.63) is 332 Å². The van der Waals surface area contributed by atoms with Crippen molar-refractivity contribution in [2.24, 2.45) is 0 Å². The first kappa shape index (κ1) is 60.2. The van der Waals surface area contributed by atoms with E-state index < -0.39 is 74.1 Å². The molecule has 0 bridgehead atoms. The van der Waals surface area contributed by atoms with Gasteiger partial charge < -0.3 is 0 Å². The third-order valence-electron chi connectivity index (χ3n) is 18.8. The molecule has 0 fully saturated rings. The molecule has 0 saturated heterocycles. The number of ketones is 2. The summed E-state index contributed by atoms with van der Waals surface area (Å²) in [6.45, 7) is -11.0. The van der Waals surface area contributed by atoms with E-state index in [-0.39, 0.29) is 6.07 Å². The molecule has 0 heterocycles. The Balaban J connectivity index is 1.06. The Morgan fingerprint density at radius 2 is 0.574 bits per heavy atom. The van der Waals surface area contributed by atoms with E-state index in [2.05, 4.69) is 0 Å². The van der Waals surface area contributed by atoms with Crippen molar-refractivity contribution < 1.29 is 49.5 Å². The van der Waals surface area contributed by atoms with Gasteiger partial charge in [0, 0.05) is 0 Å². The molecule has 15 aromatic carbocycles. The van der Waals surface area contributed by atoms with Crippen molar-refractivity contribution in [1.82, 2.24) is 0 Å². The summed E-state index contributed by atoms with van der Waals surface area (Å²) in [6, 6.07) is 90.6. The van der Waals surface area contributed by atoms with Crippen LogP contribution in [0.3, 0.4) is 0 Å². The summed E-state index contributed by atoms with van der Waals surface area (Å²) in [7, 11) is -2.44. The van der Waals surface area contributed by atoms with Crippen molar-refractivity contribution in [1.29, 1.82) is 0 Å². The number of rotatable bonds is 18. The minimum absolute atomic E-state index is 0.0317. The number of alkyl halides is 6. The minimum atomic E-state index is -5.50. The summed E-state index contributed by atoms with van der Waals surface area (Å²) < 4.78 is 116. The van der Waals surface area contributed by atoms with Gasteiger partial charge in [0.2, 0.25) is 0 Å². The van der Waals surface area contributed by atoms with E-state index >= 15 is 35.9 Å². The zero-order valence-electron chi connectivity index (χ0n) is 50.1. The summed E-state index contributed by atoms with van der Waals surface area (Å²) in [5.74, 6) is -1.76. The standard InChI is InChI=1S/C80H55BF6O5P2/c82-79(83,84)60-49-61(80(85,86)87)51-62(50-60)90-81(91-93(63-25-7-1-8-26-63,64-27-9-2-10-28-64,65-29-11-3-12-30-65)52-73(88)69-45-41-58-39-37-54-21-19-23-56-43-47-71(69)77(58)75(54)56)92-94(66-31-13-4-14-32-66,67-33-15-5-16-34-67,68-35-17-6-18-36-68)53-74(89)70-46-42-59-40-38-55-22-20-24-57-44-48-72(70)78(59)76(55)57/h1-51H,52-53H2. The maximum atomic E-state index is 16.9. The predicted molar refractivity (Wildman–Crippen MR) is 374 cm³/mol. The van der Waals surface area contributed by atoms with Crippen molar-refractivity contribution in [3.8, 4) is 5.75 Å². The van der Waals surface area contributed by atoms with Gasteiger partial charge in [0.05, 0.1) is 0 Å². The summed E-state index contributed by atoms with van der Waals surface area (Å²) >= 11 is 0. The molecule has 0 aliphatic heterocycles. The molecule has 15 rings (SSSR count). The normalized spacial score (nSPS) is 13.3. The Morgan fingerprint density at radius 1 is 0.309 bits per heavy atom. The van der Waals surface area contributed by atoms with Crippen LogP contribution in [0.2, 0.25) is 0 Å². The second kappa shape index (κ2) is 22.9. The van der Waals surface area contributed by atoms with E-state index in [1.165, 1.54) is 0 Å². The molecule has 0 N–H and O–H groups in total. The molecular weight excluding hydrogens is 1230 g/mol. The van der Waals surface area contributed by atoms with E-state index in [1.807, 2.05) is 170 Å². The van der Waals surface area contributed by atoms with Gasteiger partial charge in [0.25, 0.3) is 0 Å². The summed E-state index contributed by atoms with van der Waals surface area (Å²) in [4.78, 5) is 33.8. The number of carbonyl (C=O) groups excluding carboxylic acids is 2. The second-order valence-corrected chi connectivity index (χ2v) is 32.9. The molecule has 0 unspecified atom stereocenters. The van der Waals surface area contributed by atoms with Crippen LogP contribution in [0.15, 0.2) is 309 Å². The van der Waals surface area contributed by atoms with Crippen LogP contribution < -0.4 is 36.5 Å². The number of hydrogen-bond acceptors (Lipinski definition) is 5. The van der Waals surface area contributed by atoms with Crippen LogP contribution in [0, 0.1) is 0 Å². The first-order valence-corrected chi connectivity index (χ1v) is 35.3. The number of Topliss-reactive ketones (excluding diaryl/α,β-unsaturated/α-hetero) is 2. The van der Waals surface area contributed by atoms with Crippen LogP contribution in [-0.2, 0) is 21.2 Å². The van der Waals surface area contributed by atoms with E-state index in [0.29, 0.717) is 65.9 Å². The van der Waals surface area contributed by atoms with Crippen molar-refractivity contribution in [3.63, 3.8) is 0 Å². The predicted octanol–water partition coefficient (Wildman–Crippen LogP) is 18.6. The summed E-state index contributed by atoms with van der Waals surface area (Å²) in [5, 5.41) is 13.2. The Bertz CT molecular complexity index is 4800. The third kappa shape index (κ3) is 9.64. The maximum absolute atomic E-state index is 16.9. The van der Waals surface area contributed by atoms with Crippen LogP contribution in [0.5, 0.6) is 5.75 Å². The number of benzene rings is 15. The van der Waals surface area contributed by atoms with E-state index in [9.17, 15) is 0 Å². The Morgan fingerprint density at radius 3 is 0.862 bits per heavy atom. The van der Waals surface area contributed by atoms with Gasteiger partial charge in [-0.15, -0.1) is 0 Å². The molecular formula is C80H55BF6O5P2. The van der Waals surface area contributed by atoms with Crippen molar-refractivity contribution in [2.45, 2.75) is 12.4 Å².